The number of thioether (sulfide) groups is 1. The van der Waals surface area contributed by atoms with Crippen molar-refractivity contribution in [3.63, 3.8) is 0 Å². The van der Waals surface area contributed by atoms with Crippen molar-refractivity contribution < 1.29 is 28.4 Å². The Morgan fingerprint density at radius 2 is 1.67 bits per heavy atom. The van der Waals surface area contributed by atoms with E-state index in [0.29, 0.717) is 11.4 Å². The van der Waals surface area contributed by atoms with Crippen molar-refractivity contribution in [3.05, 3.63) is 53.8 Å². The molecular formula is C22H21FN4O5S. The first kappa shape index (κ1) is 23.9. The van der Waals surface area contributed by atoms with E-state index in [9.17, 15) is 28.4 Å². The first-order valence-corrected chi connectivity index (χ1v) is 10.9. The molecule has 2 aromatic carbocycles. The van der Waals surface area contributed by atoms with Crippen LogP contribution in [0, 0.1) is 5.82 Å². The molecule has 3 rings (SSSR count). The first-order chi connectivity index (χ1) is 15.7. The fraction of sp³-hybridized carbons (Fsp3) is 0.227. The molecule has 1 saturated heterocycles. The number of urea groups is 1. The number of nitrogens with one attached hydrogen (secondary N) is 3. The fourth-order valence-corrected chi connectivity index (χ4v) is 3.65. The molecule has 1 heterocycles. The van der Waals surface area contributed by atoms with E-state index in [0.717, 1.165) is 22.7 Å². The molecule has 0 saturated carbocycles. The lowest BCUT2D eigenvalue weighted by molar-refractivity contribution is -0.125. The molecule has 11 heteroatoms. The van der Waals surface area contributed by atoms with Crippen LogP contribution < -0.4 is 16.0 Å². The van der Waals surface area contributed by atoms with Crippen LogP contribution in [0.15, 0.2) is 47.4 Å². The molecular weight excluding hydrogens is 451 g/mol. The van der Waals surface area contributed by atoms with Gasteiger partial charge in [0, 0.05) is 34.8 Å². The van der Waals surface area contributed by atoms with Crippen LogP contribution in [0.2, 0.25) is 0 Å². The number of hydrogen-bond donors (Lipinski definition) is 3. The second-order valence-electron chi connectivity index (χ2n) is 7.12. The molecule has 0 atom stereocenters. The summed E-state index contributed by atoms with van der Waals surface area (Å²) in [4.78, 5) is 59.7. The highest BCUT2D eigenvalue weighted by Crippen LogP contribution is 2.23. The van der Waals surface area contributed by atoms with E-state index in [-0.39, 0.29) is 59.2 Å². The Labute approximate surface area is 193 Å². The van der Waals surface area contributed by atoms with Crippen LogP contribution >= 0.6 is 11.8 Å². The van der Waals surface area contributed by atoms with Crippen LogP contribution in [0.3, 0.4) is 0 Å². The maximum atomic E-state index is 14.0. The van der Waals surface area contributed by atoms with Crippen molar-refractivity contribution in [2.24, 2.45) is 0 Å². The molecule has 3 N–H and O–H groups in total. The van der Waals surface area contributed by atoms with Gasteiger partial charge < -0.3 is 16.0 Å². The fourth-order valence-electron chi connectivity index (χ4n) is 2.93. The van der Waals surface area contributed by atoms with Crippen LogP contribution in [-0.4, -0.2) is 53.3 Å². The number of imide groups is 1. The Bertz CT molecular complexity index is 1090. The topological polar surface area (TPSA) is 125 Å². The third kappa shape index (κ3) is 6.62. The molecule has 0 aliphatic carbocycles. The monoisotopic (exact) mass is 472 g/mol. The van der Waals surface area contributed by atoms with Gasteiger partial charge in [0.2, 0.25) is 17.7 Å². The molecule has 0 radical (unpaired) electrons. The lowest BCUT2D eigenvalue weighted by atomic mass is 10.1. The number of benzene rings is 2. The van der Waals surface area contributed by atoms with Crippen LogP contribution in [0.4, 0.5) is 20.6 Å². The zero-order chi connectivity index (χ0) is 24.0. The predicted octanol–water partition coefficient (Wildman–Crippen LogP) is 2.64. The molecule has 1 aliphatic rings. The summed E-state index contributed by atoms with van der Waals surface area (Å²) in [6.07, 6.45) is -0.0428. The van der Waals surface area contributed by atoms with Crippen molar-refractivity contribution >= 4 is 52.7 Å². The van der Waals surface area contributed by atoms with Crippen molar-refractivity contribution in [3.8, 4) is 0 Å². The van der Waals surface area contributed by atoms with Gasteiger partial charge in [0.15, 0.2) is 5.78 Å². The number of nitrogens with zero attached hydrogens (tertiary/aromatic N) is 1. The number of anilines is 2. The van der Waals surface area contributed by atoms with E-state index in [1.54, 1.807) is 24.3 Å². The summed E-state index contributed by atoms with van der Waals surface area (Å²) in [6, 6.07) is 9.98. The van der Waals surface area contributed by atoms with Gasteiger partial charge in [-0.2, -0.15) is 0 Å². The van der Waals surface area contributed by atoms with Gasteiger partial charge in [-0.25, -0.2) is 9.18 Å². The largest absolute Gasteiger partial charge is 0.329 e. The van der Waals surface area contributed by atoms with Gasteiger partial charge in [0.05, 0.1) is 12.3 Å². The average molecular weight is 472 g/mol. The lowest BCUT2D eigenvalue weighted by Gasteiger charge is -2.12. The Kier molecular flexibility index (Phi) is 7.78. The third-order valence-electron chi connectivity index (χ3n) is 4.65. The summed E-state index contributed by atoms with van der Waals surface area (Å²) in [5.74, 6) is -1.92. The maximum absolute atomic E-state index is 14.0. The number of rotatable bonds is 9. The molecule has 9 nitrogen and oxygen atoms in total. The van der Waals surface area contributed by atoms with Gasteiger partial charge in [-0.15, -0.1) is 11.8 Å². The molecule has 1 aliphatic heterocycles. The summed E-state index contributed by atoms with van der Waals surface area (Å²) in [7, 11) is 0. The standard InChI is InChI=1S/C22H21FN4O5S/c1-13(28)14-2-7-18(17(23)10-14)33-12-20(30)26-16-5-3-15(4-6-16)25-19(29)8-9-27-21(31)11-24-22(27)32/h2-7,10H,8-9,11-12H2,1H3,(H,24,32)(H,25,29)(H,26,30). The molecule has 2 aromatic rings. The first-order valence-electron chi connectivity index (χ1n) is 9.94. The quantitative estimate of drug-likeness (QED) is 0.293. The van der Waals surface area contributed by atoms with Crippen LogP contribution in [0.25, 0.3) is 0 Å². The van der Waals surface area contributed by atoms with Gasteiger partial charge in [-0.3, -0.25) is 24.1 Å². The molecule has 172 valence electrons. The van der Waals surface area contributed by atoms with Crippen molar-refractivity contribution in [2.75, 3.05) is 29.5 Å². The third-order valence-corrected chi connectivity index (χ3v) is 5.70. The number of carbonyl (C=O) groups excluding carboxylic acids is 5. The Balaban J connectivity index is 1.44. The summed E-state index contributed by atoms with van der Waals surface area (Å²) < 4.78 is 14.0. The van der Waals surface area contributed by atoms with Gasteiger partial charge in [-0.1, -0.05) is 6.07 Å². The molecule has 33 heavy (non-hydrogen) atoms. The zero-order valence-corrected chi connectivity index (χ0v) is 18.5. The summed E-state index contributed by atoms with van der Waals surface area (Å²) in [6.45, 7) is 1.27. The van der Waals surface area contributed by atoms with Crippen LogP contribution in [0.5, 0.6) is 0 Å². The van der Waals surface area contributed by atoms with Crippen LogP contribution in [0.1, 0.15) is 23.7 Å². The number of ketones is 1. The van der Waals surface area contributed by atoms with E-state index < -0.39 is 11.8 Å². The maximum Gasteiger partial charge on any atom is 0.324 e. The Morgan fingerprint density at radius 1 is 1.03 bits per heavy atom. The second kappa shape index (κ2) is 10.7. The Hall–Kier alpha value is -3.73. The number of amides is 5. The number of carbonyl (C=O) groups is 5. The number of halogens is 1. The van der Waals surface area contributed by atoms with Crippen molar-refractivity contribution in [2.45, 2.75) is 18.2 Å². The Morgan fingerprint density at radius 3 is 2.21 bits per heavy atom. The summed E-state index contributed by atoms with van der Waals surface area (Å²) in [5, 5.41) is 7.71. The predicted molar refractivity (Wildman–Crippen MR) is 121 cm³/mol. The van der Waals surface area contributed by atoms with E-state index in [1.165, 1.54) is 19.1 Å². The van der Waals surface area contributed by atoms with Gasteiger partial charge in [-0.05, 0) is 43.3 Å². The minimum atomic E-state index is -0.560. The van der Waals surface area contributed by atoms with E-state index >= 15 is 0 Å². The van der Waals surface area contributed by atoms with Crippen LogP contribution in [-0.2, 0) is 14.4 Å². The molecule has 0 spiro atoms. The zero-order valence-electron chi connectivity index (χ0n) is 17.6. The van der Waals surface area contributed by atoms with Gasteiger partial charge in [0.1, 0.15) is 5.82 Å². The minimum absolute atomic E-state index is 0.0135. The SMILES string of the molecule is CC(=O)c1ccc(SCC(=O)Nc2ccc(NC(=O)CCN3C(=O)CNC3=O)cc2)c(F)c1. The second-order valence-corrected chi connectivity index (χ2v) is 8.14. The van der Waals surface area contributed by atoms with Crippen molar-refractivity contribution in [1.82, 2.24) is 10.2 Å². The van der Waals surface area contributed by atoms with Crippen molar-refractivity contribution in [1.29, 1.82) is 0 Å². The van der Waals surface area contributed by atoms with E-state index in [4.69, 9.17) is 0 Å². The highest BCUT2D eigenvalue weighted by Gasteiger charge is 2.28. The lowest BCUT2D eigenvalue weighted by Crippen LogP contribution is -2.33. The highest BCUT2D eigenvalue weighted by molar-refractivity contribution is 8.00. The molecule has 0 bridgehead atoms. The minimum Gasteiger partial charge on any atom is -0.329 e. The highest BCUT2D eigenvalue weighted by atomic mass is 32.2. The van der Waals surface area contributed by atoms with E-state index in [1.807, 2.05) is 0 Å². The molecule has 5 amide bonds. The average Bonchev–Trinajstić information content (AvgIpc) is 3.10. The molecule has 0 aromatic heterocycles. The number of hydrogen-bond acceptors (Lipinski definition) is 6. The van der Waals surface area contributed by atoms with E-state index in [2.05, 4.69) is 16.0 Å². The van der Waals surface area contributed by atoms with Gasteiger partial charge >= 0.3 is 6.03 Å². The van der Waals surface area contributed by atoms with Gasteiger partial charge in [0.25, 0.3) is 0 Å². The normalized spacial score (nSPS) is 13.0. The molecule has 1 fully saturated rings. The smallest absolute Gasteiger partial charge is 0.324 e. The summed E-state index contributed by atoms with van der Waals surface area (Å²) in [5.41, 5.74) is 1.24. The number of Topliss-reactive ketones (excluding diaryl/α,β-unsaturated/α-hetero) is 1. The summed E-state index contributed by atoms with van der Waals surface area (Å²) >= 11 is 1.01. The molecule has 0 unspecified atom stereocenters.